The molecular weight excluding hydrogens is 330 g/mol. The Morgan fingerprint density at radius 3 is 2.96 bits per heavy atom. The molecule has 7 heteroatoms. The molecule has 2 atom stereocenters. The van der Waals surface area contributed by atoms with Gasteiger partial charge < -0.3 is 14.6 Å². The lowest BCUT2D eigenvalue weighted by atomic mass is 10.1. The summed E-state index contributed by atoms with van der Waals surface area (Å²) >= 11 is 6.90. The molecule has 1 fully saturated rings. The van der Waals surface area contributed by atoms with Gasteiger partial charge in [0.05, 0.1) is 18.0 Å². The molecule has 3 heterocycles. The zero-order valence-electron chi connectivity index (χ0n) is 13.1. The molecule has 1 N–H and O–H groups in total. The number of ketones is 1. The van der Waals surface area contributed by atoms with Crippen molar-refractivity contribution in [2.75, 3.05) is 18.8 Å². The number of thioether (sulfide) groups is 1. The largest absolute Gasteiger partial charge is 0.372 e. The SMILES string of the molecule is C[C@@H]1CN(C(=S)SCC(=O)c2c[nH]c3ncccc23)C[C@H](C)O1. The van der Waals surface area contributed by atoms with Crippen molar-refractivity contribution in [1.82, 2.24) is 14.9 Å². The molecule has 0 saturated carbocycles. The first kappa shape index (κ1) is 16.4. The van der Waals surface area contributed by atoms with E-state index in [4.69, 9.17) is 17.0 Å². The lowest BCUT2D eigenvalue weighted by molar-refractivity contribution is -0.0465. The Morgan fingerprint density at radius 2 is 2.22 bits per heavy atom. The van der Waals surface area contributed by atoms with Gasteiger partial charge in [-0.3, -0.25) is 4.79 Å². The standard InChI is InChI=1S/C16H19N3O2S2/c1-10-7-19(8-11(2)21-10)16(22)23-9-14(20)13-6-18-15-12(13)4-3-5-17-15/h3-6,10-11H,7-9H2,1-2H3,(H,17,18)/t10-,11+. The highest BCUT2D eigenvalue weighted by atomic mass is 32.2. The van der Waals surface area contributed by atoms with Gasteiger partial charge in [0.25, 0.3) is 0 Å². The molecule has 2 aromatic heterocycles. The number of pyridine rings is 1. The van der Waals surface area contributed by atoms with E-state index in [9.17, 15) is 4.79 Å². The van der Waals surface area contributed by atoms with Gasteiger partial charge in [0, 0.05) is 36.4 Å². The Labute approximate surface area is 144 Å². The summed E-state index contributed by atoms with van der Waals surface area (Å²) in [6, 6.07) is 3.74. The maximum atomic E-state index is 12.5. The number of ether oxygens (including phenoxy) is 1. The number of H-pyrrole nitrogens is 1. The van der Waals surface area contributed by atoms with Crippen molar-refractivity contribution in [3.8, 4) is 0 Å². The van der Waals surface area contributed by atoms with Gasteiger partial charge in [-0.2, -0.15) is 0 Å². The van der Waals surface area contributed by atoms with Crippen LogP contribution in [0.15, 0.2) is 24.5 Å². The van der Waals surface area contributed by atoms with Crippen LogP contribution in [0.2, 0.25) is 0 Å². The molecule has 23 heavy (non-hydrogen) atoms. The van der Waals surface area contributed by atoms with Crippen molar-refractivity contribution in [1.29, 1.82) is 0 Å². The maximum Gasteiger partial charge on any atom is 0.175 e. The van der Waals surface area contributed by atoms with Crippen molar-refractivity contribution in [3.05, 3.63) is 30.1 Å². The van der Waals surface area contributed by atoms with E-state index in [2.05, 4.69) is 14.9 Å². The summed E-state index contributed by atoms with van der Waals surface area (Å²) < 4.78 is 6.47. The minimum absolute atomic E-state index is 0.0611. The van der Waals surface area contributed by atoms with E-state index in [1.165, 1.54) is 11.8 Å². The van der Waals surface area contributed by atoms with Crippen molar-refractivity contribution >= 4 is 45.1 Å². The van der Waals surface area contributed by atoms with Crippen molar-refractivity contribution in [2.45, 2.75) is 26.1 Å². The van der Waals surface area contributed by atoms with Crippen LogP contribution in [0.3, 0.4) is 0 Å². The molecular formula is C16H19N3O2S2. The van der Waals surface area contributed by atoms with Gasteiger partial charge in [-0.15, -0.1) is 0 Å². The molecule has 1 aliphatic rings. The normalized spacial score (nSPS) is 21.6. The Bertz CT molecular complexity index is 721. The summed E-state index contributed by atoms with van der Waals surface area (Å²) in [6.07, 6.45) is 3.75. The molecule has 0 radical (unpaired) electrons. The lowest BCUT2D eigenvalue weighted by Crippen LogP contribution is -2.46. The van der Waals surface area contributed by atoms with Crippen LogP contribution in [-0.2, 0) is 4.74 Å². The van der Waals surface area contributed by atoms with E-state index < -0.39 is 0 Å². The monoisotopic (exact) mass is 349 g/mol. The third-order valence-corrected chi connectivity index (χ3v) is 5.28. The summed E-state index contributed by atoms with van der Waals surface area (Å²) in [5, 5.41) is 0.859. The fourth-order valence-electron chi connectivity index (χ4n) is 2.81. The summed E-state index contributed by atoms with van der Waals surface area (Å²) in [4.78, 5) is 21.8. The molecule has 1 saturated heterocycles. The molecule has 0 bridgehead atoms. The average molecular weight is 349 g/mol. The smallest absolute Gasteiger partial charge is 0.175 e. The van der Waals surface area contributed by atoms with Gasteiger partial charge in [-0.05, 0) is 26.0 Å². The number of rotatable bonds is 3. The number of hydrogen-bond acceptors (Lipinski definition) is 5. The number of thiocarbonyl (C=S) groups is 1. The molecule has 0 aliphatic carbocycles. The van der Waals surface area contributed by atoms with E-state index >= 15 is 0 Å². The van der Waals surface area contributed by atoms with Crippen LogP contribution in [-0.4, -0.2) is 56.0 Å². The predicted octanol–water partition coefficient (Wildman–Crippen LogP) is 2.87. The van der Waals surface area contributed by atoms with Gasteiger partial charge in [0.1, 0.15) is 9.97 Å². The van der Waals surface area contributed by atoms with Crippen molar-refractivity contribution < 1.29 is 9.53 Å². The first-order chi connectivity index (χ1) is 11.0. The lowest BCUT2D eigenvalue weighted by Gasteiger charge is -2.36. The number of fused-ring (bicyclic) bond motifs is 1. The van der Waals surface area contributed by atoms with E-state index in [1.807, 2.05) is 26.0 Å². The maximum absolute atomic E-state index is 12.5. The second kappa shape index (κ2) is 6.98. The number of morpholine rings is 1. The fraction of sp³-hybridized carbons (Fsp3) is 0.438. The van der Waals surface area contributed by atoms with Gasteiger partial charge in [0.2, 0.25) is 0 Å². The van der Waals surface area contributed by atoms with E-state index in [0.29, 0.717) is 11.3 Å². The quantitative estimate of drug-likeness (QED) is 0.679. The third kappa shape index (κ3) is 3.73. The number of aromatic amines is 1. The van der Waals surface area contributed by atoms with Crippen molar-refractivity contribution in [3.63, 3.8) is 0 Å². The van der Waals surface area contributed by atoms with Crippen LogP contribution < -0.4 is 0 Å². The Morgan fingerprint density at radius 1 is 1.48 bits per heavy atom. The number of nitrogens with one attached hydrogen (secondary N) is 1. The summed E-state index contributed by atoms with van der Waals surface area (Å²) in [7, 11) is 0. The molecule has 0 aromatic carbocycles. The number of hydrogen-bond donors (Lipinski definition) is 1. The fourth-order valence-corrected chi connectivity index (χ4v) is 3.88. The predicted molar refractivity (Wildman–Crippen MR) is 97.1 cm³/mol. The van der Waals surface area contributed by atoms with Gasteiger partial charge in [0.15, 0.2) is 5.78 Å². The summed E-state index contributed by atoms with van der Waals surface area (Å²) in [6.45, 7) is 5.64. The molecule has 122 valence electrons. The Hall–Kier alpha value is -1.44. The van der Waals surface area contributed by atoms with Crippen LogP contribution in [0.25, 0.3) is 11.0 Å². The highest BCUT2D eigenvalue weighted by Gasteiger charge is 2.24. The Kier molecular flexibility index (Phi) is 4.99. The number of carbonyl (C=O) groups excluding carboxylic acids is 1. The van der Waals surface area contributed by atoms with Crippen molar-refractivity contribution in [2.24, 2.45) is 0 Å². The molecule has 3 rings (SSSR count). The second-order valence-electron chi connectivity index (χ2n) is 5.74. The highest BCUT2D eigenvalue weighted by Crippen LogP contribution is 2.21. The first-order valence-corrected chi connectivity index (χ1v) is 8.96. The molecule has 1 aliphatic heterocycles. The molecule has 5 nitrogen and oxygen atoms in total. The van der Waals surface area contributed by atoms with Crippen LogP contribution >= 0.6 is 24.0 Å². The minimum Gasteiger partial charge on any atom is -0.372 e. The minimum atomic E-state index is 0.0611. The third-order valence-electron chi connectivity index (χ3n) is 3.76. The number of carbonyl (C=O) groups is 1. The van der Waals surface area contributed by atoms with Crippen LogP contribution in [0.4, 0.5) is 0 Å². The van der Waals surface area contributed by atoms with Gasteiger partial charge in [-0.1, -0.05) is 24.0 Å². The number of Topliss-reactive ketones (excluding diaryl/α,β-unsaturated/α-hetero) is 1. The van der Waals surface area contributed by atoms with Gasteiger partial charge in [-0.25, -0.2) is 4.98 Å². The molecule has 0 amide bonds. The highest BCUT2D eigenvalue weighted by molar-refractivity contribution is 8.23. The first-order valence-electron chi connectivity index (χ1n) is 7.57. The second-order valence-corrected chi connectivity index (χ2v) is 7.35. The summed E-state index contributed by atoms with van der Waals surface area (Å²) in [5.74, 6) is 0.395. The number of aromatic nitrogens is 2. The molecule has 0 spiro atoms. The van der Waals surface area contributed by atoms with Crippen LogP contribution in [0.5, 0.6) is 0 Å². The average Bonchev–Trinajstić information content (AvgIpc) is 2.95. The molecule has 0 unspecified atom stereocenters. The number of nitrogens with zero attached hydrogens (tertiary/aromatic N) is 2. The van der Waals surface area contributed by atoms with E-state index in [-0.39, 0.29) is 18.0 Å². The van der Waals surface area contributed by atoms with Crippen LogP contribution in [0.1, 0.15) is 24.2 Å². The summed E-state index contributed by atoms with van der Waals surface area (Å²) in [5.41, 5.74) is 1.41. The van der Waals surface area contributed by atoms with Gasteiger partial charge >= 0.3 is 0 Å². The molecule has 2 aromatic rings. The van der Waals surface area contributed by atoms with Crippen LogP contribution in [0, 0.1) is 0 Å². The zero-order valence-corrected chi connectivity index (χ0v) is 14.7. The van der Waals surface area contributed by atoms with E-state index in [1.54, 1.807) is 12.4 Å². The Balaban J connectivity index is 1.61. The van der Waals surface area contributed by atoms with E-state index in [0.717, 1.165) is 28.4 Å². The topological polar surface area (TPSA) is 58.2 Å². The zero-order chi connectivity index (χ0) is 16.4.